The summed E-state index contributed by atoms with van der Waals surface area (Å²) in [5, 5.41) is 11.7. The number of amides is 2. The van der Waals surface area contributed by atoms with Gasteiger partial charge in [-0.3, -0.25) is 0 Å². The van der Waals surface area contributed by atoms with Crippen LogP contribution in [0.15, 0.2) is 36.9 Å². The molecule has 0 aliphatic heterocycles. The zero-order valence-corrected chi connectivity index (χ0v) is 11.6. The number of benzene rings is 1. The summed E-state index contributed by atoms with van der Waals surface area (Å²) in [5.74, 6) is -0.945. The minimum absolute atomic E-state index is 0.137. The maximum Gasteiger partial charge on any atom is 0.335 e. The number of carbonyl (C=O) groups is 2. The number of carboxylic acids is 1. The molecule has 5 heteroatoms. The summed E-state index contributed by atoms with van der Waals surface area (Å²) >= 11 is 0. The fourth-order valence-corrected chi connectivity index (χ4v) is 1.80. The first-order valence-electron chi connectivity index (χ1n) is 6.54. The SMILES string of the molecule is C=CCN(CC)C(=O)NCCc1cccc(C(=O)O)c1. The van der Waals surface area contributed by atoms with E-state index >= 15 is 0 Å². The second kappa shape index (κ2) is 7.99. The quantitative estimate of drug-likeness (QED) is 0.750. The maximum atomic E-state index is 11.8. The number of hydrogen-bond acceptors (Lipinski definition) is 2. The van der Waals surface area contributed by atoms with Gasteiger partial charge < -0.3 is 15.3 Å². The highest BCUT2D eigenvalue weighted by molar-refractivity contribution is 5.87. The van der Waals surface area contributed by atoms with Gasteiger partial charge in [-0.05, 0) is 31.0 Å². The highest BCUT2D eigenvalue weighted by atomic mass is 16.4. The van der Waals surface area contributed by atoms with E-state index in [9.17, 15) is 9.59 Å². The van der Waals surface area contributed by atoms with E-state index in [2.05, 4.69) is 11.9 Å². The smallest absolute Gasteiger partial charge is 0.335 e. The highest BCUT2D eigenvalue weighted by Crippen LogP contribution is 2.05. The third-order valence-corrected chi connectivity index (χ3v) is 2.88. The molecule has 0 heterocycles. The Labute approximate surface area is 118 Å². The second-order valence-electron chi connectivity index (χ2n) is 4.31. The summed E-state index contributed by atoms with van der Waals surface area (Å²) in [6, 6.07) is 6.58. The molecule has 0 radical (unpaired) electrons. The third-order valence-electron chi connectivity index (χ3n) is 2.88. The van der Waals surface area contributed by atoms with E-state index in [4.69, 9.17) is 5.11 Å². The topological polar surface area (TPSA) is 69.6 Å². The molecule has 0 saturated carbocycles. The number of rotatable bonds is 7. The molecule has 0 fully saturated rings. The van der Waals surface area contributed by atoms with Crippen LogP contribution in [-0.2, 0) is 6.42 Å². The monoisotopic (exact) mass is 276 g/mol. The molecule has 0 saturated heterocycles. The molecule has 1 aromatic rings. The Balaban J connectivity index is 2.47. The van der Waals surface area contributed by atoms with Gasteiger partial charge in [0.05, 0.1) is 5.56 Å². The largest absolute Gasteiger partial charge is 0.478 e. The van der Waals surface area contributed by atoms with Crippen molar-refractivity contribution in [1.29, 1.82) is 0 Å². The molecule has 0 aliphatic carbocycles. The van der Waals surface area contributed by atoms with Gasteiger partial charge in [-0.1, -0.05) is 18.2 Å². The van der Waals surface area contributed by atoms with Crippen molar-refractivity contribution >= 4 is 12.0 Å². The zero-order chi connectivity index (χ0) is 15.0. The van der Waals surface area contributed by atoms with Crippen molar-refractivity contribution < 1.29 is 14.7 Å². The van der Waals surface area contributed by atoms with Gasteiger partial charge in [-0.2, -0.15) is 0 Å². The predicted molar refractivity (Wildman–Crippen MR) is 77.9 cm³/mol. The Hall–Kier alpha value is -2.30. The van der Waals surface area contributed by atoms with Gasteiger partial charge in [-0.15, -0.1) is 6.58 Å². The number of carbonyl (C=O) groups excluding carboxylic acids is 1. The maximum absolute atomic E-state index is 11.8. The molecule has 1 rings (SSSR count). The van der Waals surface area contributed by atoms with Crippen LogP contribution in [-0.4, -0.2) is 41.6 Å². The first-order chi connectivity index (χ1) is 9.58. The van der Waals surface area contributed by atoms with Crippen LogP contribution in [0.4, 0.5) is 4.79 Å². The van der Waals surface area contributed by atoms with Crippen molar-refractivity contribution in [3.63, 3.8) is 0 Å². The lowest BCUT2D eigenvalue weighted by atomic mass is 10.1. The van der Waals surface area contributed by atoms with E-state index in [0.717, 1.165) is 5.56 Å². The molecule has 20 heavy (non-hydrogen) atoms. The Morgan fingerprint density at radius 2 is 2.20 bits per heavy atom. The van der Waals surface area contributed by atoms with Gasteiger partial charge in [0.2, 0.25) is 0 Å². The Kier molecular flexibility index (Phi) is 6.29. The van der Waals surface area contributed by atoms with Crippen LogP contribution in [0.5, 0.6) is 0 Å². The number of nitrogens with one attached hydrogen (secondary N) is 1. The molecule has 2 N–H and O–H groups in total. The fourth-order valence-electron chi connectivity index (χ4n) is 1.80. The summed E-state index contributed by atoms with van der Waals surface area (Å²) in [6.07, 6.45) is 2.28. The van der Waals surface area contributed by atoms with Crippen LogP contribution < -0.4 is 5.32 Å². The minimum Gasteiger partial charge on any atom is -0.478 e. The first-order valence-corrected chi connectivity index (χ1v) is 6.54. The number of urea groups is 1. The van der Waals surface area contributed by atoms with Crippen molar-refractivity contribution in [2.24, 2.45) is 0 Å². The normalized spacial score (nSPS) is 9.85. The molecule has 1 aromatic carbocycles. The van der Waals surface area contributed by atoms with E-state index in [1.807, 2.05) is 13.0 Å². The molecule has 0 aliphatic rings. The molecule has 5 nitrogen and oxygen atoms in total. The van der Waals surface area contributed by atoms with Crippen molar-refractivity contribution in [3.8, 4) is 0 Å². The standard InChI is InChI=1S/C15H20N2O3/c1-3-10-17(4-2)15(20)16-9-8-12-6-5-7-13(11-12)14(18)19/h3,5-7,11H,1,4,8-10H2,2H3,(H,16,20)(H,18,19). The summed E-state index contributed by atoms with van der Waals surface area (Å²) in [5.41, 5.74) is 1.15. The lowest BCUT2D eigenvalue weighted by Gasteiger charge is -2.19. The van der Waals surface area contributed by atoms with Crippen molar-refractivity contribution in [2.45, 2.75) is 13.3 Å². The molecule has 0 spiro atoms. The lowest BCUT2D eigenvalue weighted by Crippen LogP contribution is -2.40. The molecule has 0 unspecified atom stereocenters. The van der Waals surface area contributed by atoms with Crippen LogP contribution in [0.25, 0.3) is 0 Å². The summed E-state index contributed by atoms with van der Waals surface area (Å²) < 4.78 is 0. The molecular formula is C15H20N2O3. The number of hydrogen-bond donors (Lipinski definition) is 2. The van der Waals surface area contributed by atoms with Gasteiger partial charge in [0.1, 0.15) is 0 Å². The Morgan fingerprint density at radius 1 is 1.45 bits per heavy atom. The number of aromatic carboxylic acids is 1. The molecule has 108 valence electrons. The average molecular weight is 276 g/mol. The number of nitrogens with zero attached hydrogens (tertiary/aromatic N) is 1. The van der Waals surface area contributed by atoms with E-state index in [1.54, 1.807) is 29.2 Å². The summed E-state index contributed by atoms with van der Waals surface area (Å²) in [4.78, 5) is 24.3. The average Bonchev–Trinajstić information content (AvgIpc) is 2.44. The van der Waals surface area contributed by atoms with Gasteiger partial charge >= 0.3 is 12.0 Å². The summed E-state index contributed by atoms with van der Waals surface area (Å²) in [7, 11) is 0. The molecule has 0 bridgehead atoms. The zero-order valence-electron chi connectivity index (χ0n) is 11.6. The molecular weight excluding hydrogens is 256 g/mol. The van der Waals surface area contributed by atoms with E-state index < -0.39 is 5.97 Å². The number of likely N-dealkylation sites (N-methyl/N-ethyl adjacent to an activating group) is 1. The van der Waals surface area contributed by atoms with Crippen LogP contribution in [0.2, 0.25) is 0 Å². The fraction of sp³-hybridized carbons (Fsp3) is 0.333. The van der Waals surface area contributed by atoms with E-state index in [1.165, 1.54) is 0 Å². The van der Waals surface area contributed by atoms with Crippen molar-refractivity contribution in [1.82, 2.24) is 10.2 Å². The van der Waals surface area contributed by atoms with Gasteiger partial charge in [0.15, 0.2) is 0 Å². The van der Waals surface area contributed by atoms with Gasteiger partial charge in [-0.25, -0.2) is 9.59 Å². The van der Waals surface area contributed by atoms with Crippen LogP contribution in [0.1, 0.15) is 22.8 Å². The van der Waals surface area contributed by atoms with E-state index in [0.29, 0.717) is 26.1 Å². The highest BCUT2D eigenvalue weighted by Gasteiger charge is 2.09. The Bertz CT molecular complexity index is 486. The van der Waals surface area contributed by atoms with Crippen LogP contribution in [0.3, 0.4) is 0 Å². The van der Waals surface area contributed by atoms with E-state index in [-0.39, 0.29) is 11.6 Å². The van der Waals surface area contributed by atoms with Crippen molar-refractivity contribution in [3.05, 3.63) is 48.0 Å². The molecule has 2 amide bonds. The number of carboxylic acid groups (broad SMARTS) is 1. The van der Waals surface area contributed by atoms with Crippen LogP contribution >= 0.6 is 0 Å². The summed E-state index contributed by atoms with van der Waals surface area (Å²) in [6.45, 7) is 7.11. The van der Waals surface area contributed by atoms with Crippen LogP contribution in [0, 0.1) is 0 Å². The molecule has 0 aromatic heterocycles. The van der Waals surface area contributed by atoms with Gasteiger partial charge in [0, 0.05) is 19.6 Å². The van der Waals surface area contributed by atoms with Gasteiger partial charge in [0.25, 0.3) is 0 Å². The molecule has 0 atom stereocenters. The predicted octanol–water partition coefficient (Wildman–Crippen LogP) is 2.14. The second-order valence-corrected chi connectivity index (χ2v) is 4.31. The first kappa shape index (κ1) is 15.8. The lowest BCUT2D eigenvalue weighted by molar-refractivity contribution is 0.0696. The van der Waals surface area contributed by atoms with Crippen molar-refractivity contribution in [2.75, 3.05) is 19.6 Å². The minimum atomic E-state index is -0.945. The Morgan fingerprint density at radius 3 is 2.80 bits per heavy atom. The third kappa shape index (κ3) is 4.76.